The Kier molecular flexibility index (Phi) is 8.16. The second-order valence-corrected chi connectivity index (χ2v) is 11.2. The minimum atomic E-state index is -1.22. The van der Waals surface area contributed by atoms with Gasteiger partial charge in [-0.3, -0.25) is 14.4 Å². The van der Waals surface area contributed by atoms with Crippen molar-refractivity contribution in [3.8, 4) is 0 Å². The molecule has 5 rings (SSSR count). The lowest BCUT2D eigenvalue weighted by molar-refractivity contribution is -0.155. The number of benzene rings is 2. The lowest BCUT2D eigenvalue weighted by Crippen LogP contribution is -2.57. The van der Waals surface area contributed by atoms with Crippen molar-refractivity contribution in [2.45, 2.75) is 56.9 Å². The van der Waals surface area contributed by atoms with Crippen LogP contribution in [0, 0.1) is 25.7 Å². The molecule has 1 N–H and O–H groups in total. The summed E-state index contributed by atoms with van der Waals surface area (Å²) < 4.78 is 12.1. The third kappa shape index (κ3) is 4.79. The number of nitrogens with zero attached hydrogens (tertiary/aromatic N) is 2. The van der Waals surface area contributed by atoms with Crippen LogP contribution in [0.5, 0.6) is 0 Å². The van der Waals surface area contributed by atoms with E-state index >= 15 is 0 Å². The fourth-order valence-electron chi connectivity index (χ4n) is 6.94. The van der Waals surface area contributed by atoms with Crippen molar-refractivity contribution in [1.29, 1.82) is 0 Å². The molecule has 8 nitrogen and oxygen atoms in total. The van der Waals surface area contributed by atoms with Crippen LogP contribution in [0.4, 0.5) is 5.69 Å². The molecule has 2 aromatic carbocycles. The van der Waals surface area contributed by atoms with E-state index in [0.29, 0.717) is 24.8 Å². The Morgan fingerprint density at radius 2 is 1.95 bits per heavy atom. The Balaban J connectivity index is 1.63. The number of likely N-dealkylation sites (tertiary alicyclic amines) is 1. The molecule has 2 unspecified atom stereocenters. The summed E-state index contributed by atoms with van der Waals surface area (Å²) in [5.74, 6) is -2.93. The number of esters is 1. The second-order valence-electron chi connectivity index (χ2n) is 11.2. The van der Waals surface area contributed by atoms with Crippen molar-refractivity contribution >= 4 is 23.5 Å². The van der Waals surface area contributed by atoms with E-state index < -0.39 is 48.2 Å². The first-order valence-corrected chi connectivity index (χ1v) is 14.2. The molecule has 0 saturated carbocycles. The molecule has 0 radical (unpaired) electrons. The van der Waals surface area contributed by atoms with Crippen LogP contribution in [0.2, 0.25) is 0 Å². The van der Waals surface area contributed by atoms with Crippen LogP contribution < -0.4 is 4.90 Å². The third-order valence-corrected chi connectivity index (χ3v) is 8.74. The van der Waals surface area contributed by atoms with Crippen molar-refractivity contribution in [3.05, 3.63) is 90.5 Å². The minimum absolute atomic E-state index is 0.161. The number of rotatable bonds is 11. The summed E-state index contributed by atoms with van der Waals surface area (Å²) in [4.78, 5) is 45.8. The molecule has 8 heteroatoms. The van der Waals surface area contributed by atoms with Gasteiger partial charge in [-0.05, 0) is 55.9 Å². The molecule has 6 atom stereocenters. The SMILES string of the molecule is C=CCCOC(=O)[C@@H]1[C@@H]2CCC3(O2)C(C(=O)N(CC=C)c2cc(C)ccc2C)N([C@H](CO)c2ccccc2)C(=O)[C@H]13. The number of carbonyl (C=O) groups is 3. The summed E-state index contributed by atoms with van der Waals surface area (Å²) in [5.41, 5.74) is 2.08. The summed E-state index contributed by atoms with van der Waals surface area (Å²) in [6.45, 7) is 11.4. The van der Waals surface area contributed by atoms with Gasteiger partial charge in [-0.1, -0.05) is 54.6 Å². The molecule has 3 heterocycles. The first kappa shape index (κ1) is 28.8. The van der Waals surface area contributed by atoms with Gasteiger partial charge in [0.05, 0.1) is 37.2 Å². The van der Waals surface area contributed by atoms with E-state index in [-0.39, 0.29) is 25.0 Å². The lowest BCUT2D eigenvalue weighted by Gasteiger charge is -2.39. The maximum absolute atomic E-state index is 14.8. The molecule has 0 aromatic heterocycles. The highest BCUT2D eigenvalue weighted by molar-refractivity contribution is 6.05. The Bertz CT molecular complexity index is 1340. The van der Waals surface area contributed by atoms with Gasteiger partial charge in [0.15, 0.2) is 0 Å². The van der Waals surface area contributed by atoms with E-state index in [0.717, 1.165) is 16.8 Å². The number of aryl methyl sites for hydroxylation is 2. The topological polar surface area (TPSA) is 96.4 Å². The van der Waals surface area contributed by atoms with Crippen molar-refractivity contribution in [2.24, 2.45) is 11.8 Å². The maximum atomic E-state index is 14.8. The van der Waals surface area contributed by atoms with Crippen molar-refractivity contribution < 1.29 is 29.0 Å². The predicted octanol–water partition coefficient (Wildman–Crippen LogP) is 4.05. The molecular weight excluding hydrogens is 520 g/mol. The molecule has 216 valence electrons. The first-order chi connectivity index (χ1) is 19.8. The van der Waals surface area contributed by atoms with Crippen LogP contribution in [0.3, 0.4) is 0 Å². The molecule has 41 heavy (non-hydrogen) atoms. The molecule has 2 amide bonds. The first-order valence-electron chi connectivity index (χ1n) is 14.2. The van der Waals surface area contributed by atoms with Crippen LogP contribution in [-0.2, 0) is 23.9 Å². The Hall–Kier alpha value is -3.75. The number of amides is 2. The number of ether oxygens (including phenoxy) is 2. The van der Waals surface area contributed by atoms with E-state index in [1.54, 1.807) is 17.1 Å². The molecule has 0 aliphatic carbocycles. The fraction of sp³-hybridized carbons (Fsp3) is 0.424. The van der Waals surface area contributed by atoms with E-state index in [2.05, 4.69) is 13.2 Å². The molecule has 2 bridgehead atoms. The average Bonchev–Trinajstić information content (AvgIpc) is 3.62. The zero-order chi connectivity index (χ0) is 29.3. The third-order valence-electron chi connectivity index (χ3n) is 8.74. The van der Waals surface area contributed by atoms with E-state index in [4.69, 9.17) is 9.47 Å². The maximum Gasteiger partial charge on any atom is 0.312 e. The zero-order valence-corrected chi connectivity index (χ0v) is 23.7. The highest BCUT2D eigenvalue weighted by atomic mass is 16.6. The quantitative estimate of drug-likeness (QED) is 0.254. The minimum Gasteiger partial charge on any atom is -0.465 e. The van der Waals surface area contributed by atoms with Crippen LogP contribution >= 0.6 is 0 Å². The summed E-state index contributed by atoms with van der Waals surface area (Å²) in [7, 11) is 0. The molecule has 2 aromatic rings. The van der Waals surface area contributed by atoms with Crippen molar-refractivity contribution in [1.82, 2.24) is 4.90 Å². The molecule has 3 aliphatic rings. The Labute approximate surface area is 241 Å². The number of aliphatic hydroxyl groups excluding tert-OH is 1. The van der Waals surface area contributed by atoms with Crippen molar-refractivity contribution in [3.63, 3.8) is 0 Å². The summed E-state index contributed by atoms with van der Waals surface area (Å²) in [5, 5.41) is 10.7. The van der Waals surface area contributed by atoms with Gasteiger partial charge in [0, 0.05) is 12.2 Å². The van der Waals surface area contributed by atoms with Gasteiger partial charge in [0.1, 0.15) is 11.6 Å². The Morgan fingerprint density at radius 1 is 1.20 bits per heavy atom. The lowest BCUT2D eigenvalue weighted by atomic mass is 9.70. The average molecular weight is 559 g/mol. The summed E-state index contributed by atoms with van der Waals surface area (Å²) in [6, 6.07) is 13.2. The van der Waals surface area contributed by atoms with E-state index in [9.17, 15) is 19.5 Å². The molecule has 3 fully saturated rings. The second kappa shape index (κ2) is 11.6. The summed E-state index contributed by atoms with van der Waals surface area (Å²) >= 11 is 0. The number of fused-ring (bicyclic) bond motifs is 1. The van der Waals surface area contributed by atoms with Gasteiger partial charge in [-0.25, -0.2) is 0 Å². The zero-order valence-electron chi connectivity index (χ0n) is 23.7. The predicted molar refractivity (Wildman–Crippen MR) is 155 cm³/mol. The molecule has 3 saturated heterocycles. The summed E-state index contributed by atoms with van der Waals surface area (Å²) in [6.07, 6.45) is 4.27. The van der Waals surface area contributed by atoms with Gasteiger partial charge in [-0.15, -0.1) is 13.2 Å². The highest BCUT2D eigenvalue weighted by Crippen LogP contribution is 2.60. The van der Waals surface area contributed by atoms with Gasteiger partial charge < -0.3 is 24.4 Å². The van der Waals surface area contributed by atoms with Crippen LogP contribution in [0.1, 0.15) is 42.0 Å². The molecule has 1 spiro atoms. The number of hydrogen-bond donors (Lipinski definition) is 1. The van der Waals surface area contributed by atoms with Gasteiger partial charge >= 0.3 is 5.97 Å². The number of carbonyl (C=O) groups excluding carboxylic acids is 3. The highest BCUT2D eigenvalue weighted by Gasteiger charge is 2.75. The molecule has 3 aliphatic heterocycles. The van der Waals surface area contributed by atoms with Crippen LogP contribution in [0.25, 0.3) is 0 Å². The number of anilines is 1. The van der Waals surface area contributed by atoms with Crippen LogP contribution in [0.15, 0.2) is 73.8 Å². The molecular formula is C33H38N2O6. The smallest absolute Gasteiger partial charge is 0.312 e. The fourth-order valence-corrected chi connectivity index (χ4v) is 6.94. The van der Waals surface area contributed by atoms with Gasteiger partial charge in [-0.2, -0.15) is 0 Å². The Morgan fingerprint density at radius 3 is 2.63 bits per heavy atom. The van der Waals surface area contributed by atoms with Crippen LogP contribution in [-0.4, -0.2) is 65.3 Å². The largest absolute Gasteiger partial charge is 0.465 e. The monoisotopic (exact) mass is 558 g/mol. The normalized spacial score (nSPS) is 26.9. The van der Waals surface area contributed by atoms with E-state index in [1.807, 2.05) is 62.4 Å². The van der Waals surface area contributed by atoms with Gasteiger partial charge in [0.25, 0.3) is 5.91 Å². The van der Waals surface area contributed by atoms with Gasteiger partial charge in [0.2, 0.25) is 5.91 Å². The number of aliphatic hydroxyl groups is 1. The standard InChI is InChI=1S/C33H38N2O6/c1-5-7-18-40-32(39)27-26-15-16-33(41-26)28(27)30(37)35(25(20-36)23-11-9-8-10-12-23)29(33)31(38)34(17-6-2)24-19-21(3)13-14-22(24)4/h5-6,8-14,19,25-29,36H,1-2,7,15-18,20H2,3-4H3/t25-,26+,27-,28+,29?,33?/m1/s1. The van der Waals surface area contributed by atoms with Crippen molar-refractivity contribution in [2.75, 3.05) is 24.7 Å². The van der Waals surface area contributed by atoms with E-state index in [1.165, 1.54) is 4.90 Å². The number of hydrogen-bond acceptors (Lipinski definition) is 6.